The van der Waals surface area contributed by atoms with E-state index in [0.29, 0.717) is 6.54 Å². The molecule has 0 saturated carbocycles. The molecule has 29 heavy (non-hydrogen) atoms. The number of halogens is 1. The highest BCUT2D eigenvalue weighted by molar-refractivity contribution is 5.89. The summed E-state index contributed by atoms with van der Waals surface area (Å²) in [6.07, 6.45) is 1.76. The van der Waals surface area contributed by atoms with Gasteiger partial charge in [-0.1, -0.05) is 30.3 Å². The first-order chi connectivity index (χ1) is 13.9. The van der Waals surface area contributed by atoms with Crippen molar-refractivity contribution in [3.63, 3.8) is 0 Å². The normalized spacial score (nSPS) is 15.9. The van der Waals surface area contributed by atoms with Gasteiger partial charge in [0, 0.05) is 36.2 Å². The minimum atomic E-state index is -0.835. The van der Waals surface area contributed by atoms with Crippen molar-refractivity contribution in [2.24, 2.45) is 0 Å². The molecule has 5 nitrogen and oxygen atoms in total. The molecule has 1 aliphatic rings. The van der Waals surface area contributed by atoms with Gasteiger partial charge in [-0.05, 0) is 42.2 Å². The average Bonchev–Trinajstić information content (AvgIpc) is 3.02. The van der Waals surface area contributed by atoms with Crippen molar-refractivity contribution in [2.45, 2.75) is 38.3 Å². The maximum absolute atomic E-state index is 13.1. The number of carbonyl (C=O) groups excluding carboxylic acids is 1. The van der Waals surface area contributed by atoms with Gasteiger partial charge in [0.15, 0.2) is 0 Å². The lowest BCUT2D eigenvalue weighted by molar-refractivity contribution is -0.136. The summed E-state index contributed by atoms with van der Waals surface area (Å²) in [6.45, 7) is 0.640. The van der Waals surface area contributed by atoms with Crippen LogP contribution in [0.4, 0.5) is 4.39 Å². The molecule has 1 aliphatic heterocycles. The molecule has 0 saturated heterocycles. The molecule has 0 spiro atoms. The Labute approximate surface area is 168 Å². The van der Waals surface area contributed by atoms with E-state index in [1.165, 1.54) is 12.1 Å². The maximum Gasteiger partial charge on any atom is 0.307 e. The van der Waals surface area contributed by atoms with E-state index in [4.69, 9.17) is 0 Å². The third kappa shape index (κ3) is 3.75. The zero-order chi connectivity index (χ0) is 20.5. The minimum absolute atomic E-state index is 0.00680. The lowest BCUT2D eigenvalue weighted by atomic mass is 9.99. The topological polar surface area (TPSA) is 62.5 Å². The second-order valence-electron chi connectivity index (χ2n) is 7.62. The van der Waals surface area contributed by atoms with E-state index in [2.05, 4.69) is 4.57 Å². The van der Waals surface area contributed by atoms with Crippen LogP contribution in [0.25, 0.3) is 10.9 Å². The highest BCUT2D eigenvalue weighted by atomic mass is 19.1. The molecule has 3 aromatic rings. The number of aromatic nitrogens is 1. The van der Waals surface area contributed by atoms with E-state index in [1.807, 2.05) is 31.3 Å². The summed E-state index contributed by atoms with van der Waals surface area (Å²) in [4.78, 5) is 25.9. The van der Waals surface area contributed by atoms with Crippen LogP contribution in [-0.4, -0.2) is 39.5 Å². The lowest BCUT2D eigenvalue weighted by Gasteiger charge is -2.33. The Balaban J connectivity index is 1.57. The monoisotopic (exact) mass is 394 g/mol. The molecule has 0 fully saturated rings. The van der Waals surface area contributed by atoms with E-state index in [0.717, 1.165) is 40.6 Å². The highest BCUT2D eigenvalue weighted by Crippen LogP contribution is 2.32. The summed E-state index contributed by atoms with van der Waals surface area (Å²) in [7, 11) is 1.81. The van der Waals surface area contributed by atoms with Gasteiger partial charge in [0.05, 0.1) is 12.8 Å². The van der Waals surface area contributed by atoms with Crippen LogP contribution in [0.3, 0.4) is 0 Å². The van der Waals surface area contributed by atoms with E-state index >= 15 is 0 Å². The first kappa shape index (κ1) is 19.2. The number of aliphatic carboxylic acids is 1. The Bertz CT molecular complexity index is 1070. The van der Waals surface area contributed by atoms with Crippen LogP contribution in [0, 0.1) is 5.82 Å². The van der Waals surface area contributed by atoms with Crippen molar-refractivity contribution in [1.82, 2.24) is 9.47 Å². The standard InChI is InChI=1S/C23H23FN2O3/c1-25(22(27)12-15-6-8-16(24)9-7-15)17-10-11-21-19(13-23(28)29)18-4-2-3-5-20(18)26(21)14-17/h2-9,17H,10-14H2,1H3,(H,28,29). The Hall–Kier alpha value is -3.15. The number of carboxylic acids is 1. The van der Waals surface area contributed by atoms with Crippen LogP contribution in [0.5, 0.6) is 0 Å². The van der Waals surface area contributed by atoms with Crippen LogP contribution >= 0.6 is 0 Å². The number of amides is 1. The van der Waals surface area contributed by atoms with Gasteiger partial charge in [-0.25, -0.2) is 4.39 Å². The number of hydrogen-bond donors (Lipinski definition) is 1. The third-order valence-corrected chi connectivity index (χ3v) is 5.84. The molecule has 150 valence electrons. The van der Waals surface area contributed by atoms with Crippen LogP contribution in [-0.2, 0) is 35.4 Å². The fourth-order valence-corrected chi connectivity index (χ4v) is 4.30. The van der Waals surface area contributed by atoms with E-state index in [9.17, 15) is 19.1 Å². The van der Waals surface area contributed by atoms with Crippen LogP contribution < -0.4 is 0 Å². The molecular formula is C23H23FN2O3. The van der Waals surface area contributed by atoms with Crippen LogP contribution in [0.2, 0.25) is 0 Å². The first-order valence-corrected chi connectivity index (χ1v) is 9.75. The van der Waals surface area contributed by atoms with Gasteiger partial charge in [-0.3, -0.25) is 9.59 Å². The Morgan fingerprint density at radius 3 is 2.59 bits per heavy atom. The molecule has 6 heteroatoms. The third-order valence-electron chi connectivity index (χ3n) is 5.84. The molecule has 1 N–H and O–H groups in total. The largest absolute Gasteiger partial charge is 0.481 e. The summed E-state index contributed by atoms with van der Waals surface area (Å²) in [5.74, 6) is -1.16. The Morgan fingerprint density at radius 2 is 1.86 bits per heavy atom. The Morgan fingerprint density at radius 1 is 1.14 bits per heavy atom. The molecule has 4 rings (SSSR count). The molecule has 0 bridgehead atoms. The summed E-state index contributed by atoms with van der Waals surface area (Å²) in [5.41, 5.74) is 3.74. The van der Waals surface area contributed by atoms with Gasteiger partial charge in [0.2, 0.25) is 5.91 Å². The fourth-order valence-electron chi connectivity index (χ4n) is 4.30. The SMILES string of the molecule is CN(C(=O)Cc1ccc(F)cc1)C1CCc2c(CC(=O)O)c3ccccc3n2C1. The molecule has 1 aromatic heterocycles. The molecule has 0 aliphatic carbocycles. The molecule has 1 amide bonds. The predicted molar refractivity (Wildman–Crippen MR) is 108 cm³/mol. The van der Waals surface area contributed by atoms with Gasteiger partial charge in [0.25, 0.3) is 0 Å². The summed E-state index contributed by atoms with van der Waals surface area (Å²) in [5, 5.41) is 10.3. The van der Waals surface area contributed by atoms with Crippen molar-refractivity contribution < 1.29 is 19.1 Å². The average molecular weight is 394 g/mol. The van der Waals surface area contributed by atoms with Crippen LogP contribution in [0.15, 0.2) is 48.5 Å². The molecule has 0 radical (unpaired) electrons. The van der Waals surface area contributed by atoms with Crippen molar-refractivity contribution in [1.29, 1.82) is 0 Å². The van der Waals surface area contributed by atoms with E-state index in [1.54, 1.807) is 17.0 Å². The molecular weight excluding hydrogens is 371 g/mol. The van der Waals surface area contributed by atoms with E-state index in [-0.39, 0.29) is 30.6 Å². The number of carbonyl (C=O) groups is 2. The molecule has 1 atom stereocenters. The van der Waals surface area contributed by atoms with Crippen molar-refractivity contribution in [3.8, 4) is 0 Å². The van der Waals surface area contributed by atoms with Gasteiger partial charge in [-0.2, -0.15) is 0 Å². The maximum atomic E-state index is 13.1. The number of rotatable bonds is 5. The zero-order valence-electron chi connectivity index (χ0n) is 16.3. The number of nitrogens with zero attached hydrogens (tertiary/aromatic N) is 2. The quantitative estimate of drug-likeness (QED) is 0.721. The van der Waals surface area contributed by atoms with Gasteiger partial charge in [-0.15, -0.1) is 0 Å². The number of fused-ring (bicyclic) bond motifs is 3. The van der Waals surface area contributed by atoms with Gasteiger partial charge in [0.1, 0.15) is 5.82 Å². The second kappa shape index (κ2) is 7.70. The lowest BCUT2D eigenvalue weighted by Crippen LogP contribution is -2.43. The van der Waals surface area contributed by atoms with Crippen molar-refractivity contribution in [3.05, 3.63) is 71.2 Å². The summed E-state index contributed by atoms with van der Waals surface area (Å²) >= 11 is 0. The molecule has 1 unspecified atom stereocenters. The second-order valence-corrected chi connectivity index (χ2v) is 7.62. The number of carboxylic acid groups (broad SMARTS) is 1. The first-order valence-electron chi connectivity index (χ1n) is 9.75. The number of hydrogen-bond acceptors (Lipinski definition) is 2. The summed E-state index contributed by atoms with van der Waals surface area (Å²) < 4.78 is 15.3. The Kier molecular flexibility index (Phi) is 5.09. The number of benzene rings is 2. The molecule has 2 aromatic carbocycles. The van der Waals surface area contributed by atoms with Gasteiger partial charge < -0.3 is 14.6 Å². The zero-order valence-corrected chi connectivity index (χ0v) is 16.3. The van der Waals surface area contributed by atoms with Crippen molar-refractivity contribution >= 4 is 22.8 Å². The smallest absolute Gasteiger partial charge is 0.307 e. The van der Waals surface area contributed by atoms with Crippen LogP contribution in [0.1, 0.15) is 23.2 Å². The number of likely N-dealkylation sites (N-methyl/N-ethyl adjacent to an activating group) is 1. The highest BCUT2D eigenvalue weighted by Gasteiger charge is 2.29. The minimum Gasteiger partial charge on any atom is -0.481 e. The van der Waals surface area contributed by atoms with Gasteiger partial charge >= 0.3 is 5.97 Å². The summed E-state index contributed by atoms with van der Waals surface area (Å²) in [6, 6.07) is 13.9. The number of para-hydroxylation sites is 1. The fraction of sp³-hybridized carbons (Fsp3) is 0.304. The predicted octanol–water partition coefficient (Wildman–Crippen LogP) is 3.42. The van der Waals surface area contributed by atoms with Crippen molar-refractivity contribution in [2.75, 3.05) is 7.05 Å². The molecule has 2 heterocycles. The van der Waals surface area contributed by atoms with E-state index < -0.39 is 5.97 Å².